The summed E-state index contributed by atoms with van der Waals surface area (Å²) in [4.78, 5) is 27.3. The van der Waals surface area contributed by atoms with Gasteiger partial charge in [0.15, 0.2) is 18.4 Å². The maximum Gasteiger partial charge on any atom is 0.329 e. The van der Waals surface area contributed by atoms with Gasteiger partial charge in [0.1, 0.15) is 36.6 Å². The second kappa shape index (κ2) is 12.6. The van der Waals surface area contributed by atoms with Crippen molar-refractivity contribution in [3.05, 3.63) is 55.4 Å². The van der Waals surface area contributed by atoms with E-state index in [0.717, 1.165) is 23.0 Å². The molecule has 3 saturated heterocycles. The van der Waals surface area contributed by atoms with Gasteiger partial charge in [0, 0.05) is 33.7 Å². The summed E-state index contributed by atoms with van der Waals surface area (Å²) in [5.41, 5.74) is 2.58. The number of rotatable bonds is 10. The molecule has 2 N–H and O–H groups in total. The molecule has 0 spiro atoms. The van der Waals surface area contributed by atoms with Crippen LogP contribution in [0.25, 0.3) is 23.7 Å². The number of aliphatic hydroxyl groups is 2. The topological polar surface area (TPSA) is 150 Å². The molecule has 4 aliphatic heterocycles. The number of aryl methyl sites for hydroxylation is 1. The fourth-order valence-electron chi connectivity index (χ4n) is 8.05. The minimum Gasteiger partial charge on any atom is -0.387 e. The fraction of sp³-hybridized carbons (Fsp3) is 0.657. The zero-order chi connectivity index (χ0) is 35.0. The lowest BCUT2D eigenvalue weighted by molar-refractivity contribution is -0.232. The summed E-state index contributed by atoms with van der Waals surface area (Å²) < 4.78 is 42.7. The van der Waals surface area contributed by atoms with E-state index in [1.807, 2.05) is 36.6 Å². The molecule has 0 amide bonds. The van der Waals surface area contributed by atoms with Crippen LogP contribution in [0.3, 0.4) is 0 Å². The van der Waals surface area contributed by atoms with E-state index < -0.39 is 55.0 Å². The summed E-state index contributed by atoms with van der Waals surface area (Å²) in [5, 5.41) is 22.0. The zero-order valence-corrected chi connectivity index (χ0v) is 29.0. The van der Waals surface area contributed by atoms with Crippen LogP contribution in [0.15, 0.2) is 27.8 Å². The van der Waals surface area contributed by atoms with E-state index in [1.54, 1.807) is 16.2 Å². The maximum absolute atomic E-state index is 13.8. The van der Waals surface area contributed by atoms with E-state index >= 15 is 0 Å². The molecule has 0 aliphatic carbocycles. The van der Waals surface area contributed by atoms with Crippen LogP contribution in [-0.4, -0.2) is 97.7 Å². The van der Waals surface area contributed by atoms with E-state index in [9.17, 15) is 19.8 Å². The van der Waals surface area contributed by atoms with Gasteiger partial charge in [-0.3, -0.25) is 18.3 Å². The van der Waals surface area contributed by atoms with Crippen LogP contribution in [0.4, 0.5) is 0 Å². The Morgan fingerprint density at radius 1 is 0.939 bits per heavy atom. The van der Waals surface area contributed by atoms with E-state index in [1.165, 1.54) is 11.7 Å². The van der Waals surface area contributed by atoms with Gasteiger partial charge in [0.2, 0.25) is 0 Å². The highest BCUT2D eigenvalue weighted by Crippen LogP contribution is 2.42. The number of aliphatic hydroxyl groups excluding tert-OH is 2. The molecule has 0 radical (unpaired) electrons. The van der Waals surface area contributed by atoms with Gasteiger partial charge in [-0.15, -0.1) is 0 Å². The molecular formula is C35H48N4O10. The Labute approximate surface area is 283 Å². The van der Waals surface area contributed by atoms with Crippen molar-refractivity contribution in [2.75, 3.05) is 14.2 Å². The number of ether oxygens (including phenoxy) is 6. The number of fused-ring (bicyclic) bond motifs is 1. The Morgan fingerprint density at radius 3 is 2.33 bits per heavy atom. The highest BCUT2D eigenvalue weighted by molar-refractivity contribution is 5.81. The van der Waals surface area contributed by atoms with Crippen molar-refractivity contribution in [2.24, 2.45) is 0 Å². The van der Waals surface area contributed by atoms with Crippen molar-refractivity contribution in [1.29, 1.82) is 0 Å². The van der Waals surface area contributed by atoms with Crippen molar-refractivity contribution >= 4 is 23.7 Å². The Bertz CT molecular complexity index is 1960. The van der Waals surface area contributed by atoms with Crippen LogP contribution < -0.4 is 22.1 Å². The van der Waals surface area contributed by atoms with Crippen LogP contribution in [0.5, 0.6) is 0 Å². The largest absolute Gasteiger partial charge is 0.387 e. The van der Waals surface area contributed by atoms with E-state index in [-0.39, 0.29) is 36.3 Å². The molecule has 268 valence electrons. The summed E-state index contributed by atoms with van der Waals surface area (Å²) in [7, 11) is 2.94. The molecule has 3 fully saturated rings. The molecule has 4 aliphatic rings. The van der Waals surface area contributed by atoms with Gasteiger partial charge in [-0.2, -0.15) is 0 Å². The number of para-hydroxylation sites is 1. The third kappa shape index (κ3) is 5.57. The molecule has 14 heteroatoms. The first-order valence-corrected chi connectivity index (χ1v) is 17.1. The Hall–Kier alpha value is -3.08. The van der Waals surface area contributed by atoms with Gasteiger partial charge in [0.25, 0.3) is 0 Å². The number of hydrogen-bond donors (Lipinski definition) is 2. The molecule has 9 unspecified atom stereocenters. The highest BCUT2D eigenvalue weighted by atomic mass is 16.8. The van der Waals surface area contributed by atoms with Crippen LogP contribution >= 0.6 is 0 Å². The first-order valence-electron chi connectivity index (χ1n) is 17.1. The van der Waals surface area contributed by atoms with Crippen molar-refractivity contribution in [3.8, 4) is 0 Å². The first kappa shape index (κ1) is 34.4. The van der Waals surface area contributed by atoms with Gasteiger partial charge in [0.05, 0.1) is 34.8 Å². The number of imidazole rings is 2. The maximum atomic E-state index is 13.8. The molecule has 3 aromatic rings. The SMILES string of the molecule is C=c1c(=CCC2(C)OC3C(Cn4c(=O)n5c6c(cccc64)C(C)(C)CC5)OC(OC)C3O2)n(CC2OC(OC)C(O)C2O)c(=O)n1CCC. The number of nitrogens with zero attached hydrogens (tertiary/aromatic N) is 4. The van der Waals surface area contributed by atoms with Crippen LogP contribution in [0, 0.1) is 0 Å². The Morgan fingerprint density at radius 2 is 1.63 bits per heavy atom. The minimum absolute atomic E-state index is 0.0193. The fourth-order valence-corrected chi connectivity index (χ4v) is 8.05. The summed E-state index contributed by atoms with van der Waals surface area (Å²) in [5.74, 6) is -1.12. The van der Waals surface area contributed by atoms with Crippen molar-refractivity contribution < 1.29 is 38.6 Å². The predicted molar refractivity (Wildman–Crippen MR) is 178 cm³/mol. The Balaban J connectivity index is 1.17. The smallest absolute Gasteiger partial charge is 0.329 e. The monoisotopic (exact) mass is 684 g/mol. The average molecular weight is 685 g/mol. The van der Waals surface area contributed by atoms with Crippen molar-refractivity contribution in [3.63, 3.8) is 0 Å². The molecule has 0 saturated carbocycles. The number of aromatic nitrogens is 4. The molecule has 7 rings (SSSR count). The van der Waals surface area contributed by atoms with E-state index in [0.29, 0.717) is 30.2 Å². The molecule has 6 heterocycles. The second-order valence-electron chi connectivity index (χ2n) is 14.5. The van der Waals surface area contributed by atoms with Gasteiger partial charge < -0.3 is 38.6 Å². The number of methoxy groups -OCH3 is 2. The van der Waals surface area contributed by atoms with Gasteiger partial charge >= 0.3 is 11.4 Å². The third-order valence-electron chi connectivity index (χ3n) is 10.8. The lowest BCUT2D eigenvalue weighted by atomic mass is 9.79. The molecule has 1 aromatic carbocycles. The average Bonchev–Trinajstić information content (AvgIpc) is 3.80. The summed E-state index contributed by atoms with van der Waals surface area (Å²) in [6.45, 7) is 13.8. The standard InChI is InChI=1S/C35H48N4O10/c1-8-15-36-19(2)21(38(32(36)42)17-23-26(40)27(41)30(44-6)46-23)12-13-35(5)48-28-24(47-31(45-7)29(28)49-35)18-39-22-11-9-10-20-25(22)37(33(39)43)16-14-34(20,3)4/h9-12,23-24,26-31,40-41H,2,8,13-18H2,1,3-7H3. The third-order valence-corrected chi connectivity index (χ3v) is 10.8. The summed E-state index contributed by atoms with van der Waals surface area (Å²) in [6, 6.07) is 6.09. The number of hydrogen-bond acceptors (Lipinski definition) is 10. The van der Waals surface area contributed by atoms with Crippen LogP contribution in [0.1, 0.15) is 52.5 Å². The van der Waals surface area contributed by atoms with Crippen molar-refractivity contribution in [1.82, 2.24) is 18.3 Å². The van der Waals surface area contributed by atoms with Crippen LogP contribution in [0.2, 0.25) is 0 Å². The van der Waals surface area contributed by atoms with Gasteiger partial charge in [-0.05, 0) is 36.8 Å². The lowest BCUT2D eigenvalue weighted by Gasteiger charge is -2.30. The lowest BCUT2D eigenvalue weighted by Crippen LogP contribution is -2.41. The molecule has 2 aromatic heterocycles. The van der Waals surface area contributed by atoms with Crippen molar-refractivity contribution in [2.45, 2.75) is 134 Å². The minimum atomic E-state index is -1.24. The van der Waals surface area contributed by atoms with Gasteiger partial charge in [-0.25, -0.2) is 9.59 Å². The normalized spacial score (nSPS) is 34.0. The molecular weight excluding hydrogens is 636 g/mol. The predicted octanol–water partition coefficient (Wildman–Crippen LogP) is 0.103. The van der Waals surface area contributed by atoms with Crippen LogP contribution in [-0.2, 0) is 60.0 Å². The Kier molecular flexibility index (Phi) is 8.84. The number of benzene rings is 1. The highest BCUT2D eigenvalue weighted by Gasteiger charge is 2.57. The summed E-state index contributed by atoms with van der Waals surface area (Å²) >= 11 is 0. The first-order chi connectivity index (χ1) is 23.3. The molecule has 14 nitrogen and oxygen atoms in total. The molecule has 0 bridgehead atoms. The summed E-state index contributed by atoms with van der Waals surface area (Å²) in [6.07, 6.45) is -3.01. The molecule has 9 atom stereocenters. The van der Waals surface area contributed by atoms with E-state index in [2.05, 4.69) is 26.5 Å². The van der Waals surface area contributed by atoms with E-state index in [4.69, 9.17) is 28.4 Å². The second-order valence-corrected chi connectivity index (χ2v) is 14.5. The van der Waals surface area contributed by atoms with Gasteiger partial charge in [-0.1, -0.05) is 45.6 Å². The molecule has 49 heavy (non-hydrogen) atoms. The zero-order valence-electron chi connectivity index (χ0n) is 29.0. The quantitative estimate of drug-likeness (QED) is 0.301.